The van der Waals surface area contributed by atoms with Crippen LogP contribution in [0, 0.1) is 0 Å². The number of hydrogen-bond acceptors (Lipinski definition) is 3. The van der Waals surface area contributed by atoms with Gasteiger partial charge in [-0.05, 0) is 40.6 Å². The van der Waals surface area contributed by atoms with Crippen molar-refractivity contribution in [3.05, 3.63) is 51.2 Å². The van der Waals surface area contributed by atoms with Crippen molar-refractivity contribution < 1.29 is 9.84 Å². The van der Waals surface area contributed by atoms with Gasteiger partial charge in [-0.1, -0.05) is 11.6 Å². The van der Waals surface area contributed by atoms with Crippen LogP contribution < -0.4 is 4.74 Å². The van der Waals surface area contributed by atoms with Gasteiger partial charge in [0.2, 0.25) is 0 Å². The highest BCUT2D eigenvalue weighted by Crippen LogP contribution is 2.32. The molecule has 1 aromatic carbocycles. The monoisotopic (exact) mass is 254 g/mol. The average molecular weight is 255 g/mol. The summed E-state index contributed by atoms with van der Waals surface area (Å²) in [6, 6.07) is 7.11. The Morgan fingerprint density at radius 3 is 2.81 bits per heavy atom. The second-order valence-corrected chi connectivity index (χ2v) is 4.56. The molecule has 2 nitrogen and oxygen atoms in total. The zero-order chi connectivity index (χ0) is 11.5. The molecule has 0 fully saturated rings. The highest BCUT2D eigenvalue weighted by Gasteiger charge is 2.16. The van der Waals surface area contributed by atoms with Gasteiger partial charge in [-0.25, -0.2) is 0 Å². The molecular formula is C12H11ClO2S. The van der Waals surface area contributed by atoms with Gasteiger partial charge in [-0.2, -0.15) is 11.3 Å². The normalized spacial score (nSPS) is 12.4. The second-order valence-electron chi connectivity index (χ2n) is 3.35. The molecule has 84 valence electrons. The zero-order valence-corrected chi connectivity index (χ0v) is 10.3. The minimum Gasteiger partial charge on any atom is -0.496 e. The molecule has 1 atom stereocenters. The average Bonchev–Trinajstić information content (AvgIpc) is 2.81. The Morgan fingerprint density at radius 2 is 2.19 bits per heavy atom. The third-order valence-corrected chi connectivity index (χ3v) is 3.28. The summed E-state index contributed by atoms with van der Waals surface area (Å²) in [6.45, 7) is 0. The standard InChI is InChI=1S/C12H11ClO2S/c1-15-11-3-2-9(13)6-10(11)12(14)8-4-5-16-7-8/h2-7,12,14H,1H3. The van der Waals surface area contributed by atoms with Crippen molar-refractivity contribution in [1.82, 2.24) is 0 Å². The number of rotatable bonds is 3. The van der Waals surface area contributed by atoms with Gasteiger partial charge in [0, 0.05) is 10.6 Å². The molecule has 1 heterocycles. The lowest BCUT2D eigenvalue weighted by molar-refractivity contribution is 0.215. The molecule has 1 aromatic heterocycles. The first-order valence-corrected chi connectivity index (χ1v) is 6.08. The Balaban J connectivity index is 2.42. The largest absolute Gasteiger partial charge is 0.496 e. The van der Waals surface area contributed by atoms with Crippen LogP contribution in [0.5, 0.6) is 5.75 Å². The van der Waals surface area contributed by atoms with Crippen LogP contribution in [0.3, 0.4) is 0 Å². The van der Waals surface area contributed by atoms with Crippen LogP contribution in [0.1, 0.15) is 17.2 Å². The third kappa shape index (κ3) is 2.21. The van der Waals surface area contributed by atoms with Crippen LogP contribution in [0.2, 0.25) is 5.02 Å². The Bertz CT molecular complexity index is 468. The molecule has 0 aliphatic carbocycles. The third-order valence-electron chi connectivity index (χ3n) is 2.35. The van der Waals surface area contributed by atoms with Crippen LogP contribution in [0.15, 0.2) is 35.0 Å². The predicted octanol–water partition coefficient (Wildman–Crippen LogP) is 3.49. The number of methoxy groups -OCH3 is 1. The topological polar surface area (TPSA) is 29.5 Å². The molecule has 0 amide bonds. The van der Waals surface area contributed by atoms with Crippen LogP contribution in [-0.2, 0) is 0 Å². The van der Waals surface area contributed by atoms with E-state index >= 15 is 0 Å². The highest BCUT2D eigenvalue weighted by molar-refractivity contribution is 7.07. The quantitative estimate of drug-likeness (QED) is 0.909. The van der Waals surface area contributed by atoms with E-state index < -0.39 is 6.10 Å². The molecule has 1 unspecified atom stereocenters. The summed E-state index contributed by atoms with van der Waals surface area (Å²) >= 11 is 7.46. The molecular weight excluding hydrogens is 244 g/mol. The minimum absolute atomic E-state index is 0.588. The molecule has 0 aliphatic rings. The van der Waals surface area contributed by atoms with Crippen LogP contribution in [-0.4, -0.2) is 12.2 Å². The number of aliphatic hydroxyl groups is 1. The number of ether oxygens (including phenoxy) is 1. The Morgan fingerprint density at radius 1 is 1.38 bits per heavy atom. The van der Waals surface area contributed by atoms with Gasteiger partial charge in [0.15, 0.2) is 0 Å². The van der Waals surface area contributed by atoms with Crippen LogP contribution in [0.4, 0.5) is 0 Å². The zero-order valence-electron chi connectivity index (χ0n) is 8.68. The van der Waals surface area contributed by atoms with E-state index in [1.165, 1.54) is 0 Å². The van der Waals surface area contributed by atoms with Gasteiger partial charge >= 0.3 is 0 Å². The van der Waals surface area contributed by atoms with Gasteiger partial charge in [-0.15, -0.1) is 0 Å². The molecule has 2 aromatic rings. The van der Waals surface area contributed by atoms with E-state index in [0.29, 0.717) is 16.3 Å². The fraction of sp³-hybridized carbons (Fsp3) is 0.167. The first-order chi connectivity index (χ1) is 7.72. The lowest BCUT2D eigenvalue weighted by atomic mass is 10.0. The Kier molecular flexibility index (Phi) is 3.49. The molecule has 0 radical (unpaired) electrons. The highest BCUT2D eigenvalue weighted by atomic mass is 35.5. The summed E-state index contributed by atoms with van der Waals surface area (Å²) in [7, 11) is 1.58. The summed E-state index contributed by atoms with van der Waals surface area (Å²) in [5, 5.41) is 14.6. The maximum Gasteiger partial charge on any atom is 0.125 e. The van der Waals surface area contributed by atoms with E-state index in [4.69, 9.17) is 16.3 Å². The van der Waals surface area contributed by atoms with Gasteiger partial charge < -0.3 is 9.84 Å². The van der Waals surface area contributed by atoms with E-state index in [1.807, 2.05) is 16.8 Å². The fourth-order valence-electron chi connectivity index (χ4n) is 1.53. The van der Waals surface area contributed by atoms with Crippen LogP contribution in [0.25, 0.3) is 0 Å². The van der Waals surface area contributed by atoms with E-state index in [-0.39, 0.29) is 0 Å². The van der Waals surface area contributed by atoms with E-state index in [2.05, 4.69) is 0 Å². The molecule has 0 aliphatic heterocycles. The smallest absolute Gasteiger partial charge is 0.125 e. The SMILES string of the molecule is COc1ccc(Cl)cc1C(O)c1ccsc1. The van der Waals surface area contributed by atoms with Crippen molar-refractivity contribution in [2.24, 2.45) is 0 Å². The van der Waals surface area contributed by atoms with Crippen molar-refractivity contribution in [1.29, 1.82) is 0 Å². The van der Waals surface area contributed by atoms with Gasteiger partial charge in [0.25, 0.3) is 0 Å². The van der Waals surface area contributed by atoms with Crippen molar-refractivity contribution >= 4 is 22.9 Å². The van der Waals surface area contributed by atoms with Crippen molar-refractivity contribution in [3.63, 3.8) is 0 Å². The van der Waals surface area contributed by atoms with Gasteiger partial charge in [0.05, 0.1) is 7.11 Å². The maximum absolute atomic E-state index is 10.2. The minimum atomic E-state index is -0.695. The Labute approximate surface area is 103 Å². The molecule has 0 bridgehead atoms. The first kappa shape index (κ1) is 11.5. The Hall–Kier alpha value is -1.03. The number of hydrogen-bond donors (Lipinski definition) is 1. The van der Waals surface area contributed by atoms with E-state index in [0.717, 1.165) is 5.56 Å². The molecule has 1 N–H and O–H groups in total. The summed E-state index contributed by atoms with van der Waals surface area (Å²) in [5.41, 5.74) is 1.54. The summed E-state index contributed by atoms with van der Waals surface area (Å²) in [6.07, 6.45) is -0.695. The number of thiophene rings is 1. The van der Waals surface area contributed by atoms with Crippen LogP contribution >= 0.6 is 22.9 Å². The number of halogens is 1. The van der Waals surface area contributed by atoms with E-state index in [1.54, 1.807) is 36.6 Å². The van der Waals surface area contributed by atoms with Crippen molar-refractivity contribution in [3.8, 4) is 5.75 Å². The van der Waals surface area contributed by atoms with Crippen molar-refractivity contribution in [2.75, 3.05) is 7.11 Å². The number of benzene rings is 1. The van der Waals surface area contributed by atoms with Gasteiger partial charge in [-0.3, -0.25) is 0 Å². The first-order valence-electron chi connectivity index (χ1n) is 4.76. The second kappa shape index (κ2) is 4.87. The fourth-order valence-corrected chi connectivity index (χ4v) is 2.39. The summed E-state index contributed by atoms with van der Waals surface area (Å²) in [4.78, 5) is 0. The van der Waals surface area contributed by atoms with Crippen molar-refractivity contribution in [2.45, 2.75) is 6.10 Å². The summed E-state index contributed by atoms with van der Waals surface area (Å²) < 4.78 is 5.20. The molecule has 4 heteroatoms. The number of aliphatic hydroxyl groups excluding tert-OH is 1. The molecule has 2 rings (SSSR count). The summed E-state index contributed by atoms with van der Waals surface area (Å²) in [5.74, 6) is 0.642. The molecule has 0 spiro atoms. The predicted molar refractivity (Wildman–Crippen MR) is 66.4 cm³/mol. The van der Waals surface area contributed by atoms with Gasteiger partial charge in [0.1, 0.15) is 11.9 Å². The van der Waals surface area contributed by atoms with E-state index in [9.17, 15) is 5.11 Å². The maximum atomic E-state index is 10.2. The lowest BCUT2D eigenvalue weighted by Crippen LogP contribution is -2.01. The molecule has 0 saturated heterocycles. The molecule has 0 saturated carbocycles. The lowest BCUT2D eigenvalue weighted by Gasteiger charge is -2.14. The molecule has 16 heavy (non-hydrogen) atoms.